The monoisotopic (exact) mass is 317 g/mol. The second kappa shape index (κ2) is 5.98. The summed E-state index contributed by atoms with van der Waals surface area (Å²) in [6.07, 6.45) is -4.27. The predicted molar refractivity (Wildman–Crippen MR) is 65.3 cm³/mol. The van der Waals surface area contributed by atoms with Crippen molar-refractivity contribution in [1.29, 1.82) is 0 Å². The molecule has 1 atom stereocenters. The lowest BCUT2D eigenvalue weighted by atomic mass is 10.1. The highest BCUT2D eigenvalue weighted by Crippen LogP contribution is 2.44. The first kappa shape index (κ1) is 16.7. The van der Waals surface area contributed by atoms with Crippen molar-refractivity contribution >= 4 is 28.6 Å². The number of amides is 2. The van der Waals surface area contributed by atoms with Gasteiger partial charge in [-0.1, -0.05) is 23.6 Å². The van der Waals surface area contributed by atoms with E-state index in [1.54, 1.807) is 6.92 Å². The molecule has 2 amide bonds. The van der Waals surface area contributed by atoms with E-state index in [2.05, 4.69) is 13.9 Å². The van der Waals surface area contributed by atoms with Crippen LogP contribution in [0.2, 0.25) is 0 Å². The van der Waals surface area contributed by atoms with E-state index < -0.39 is 33.7 Å². The van der Waals surface area contributed by atoms with Crippen LogP contribution >= 0.6 is 0 Å². The molecule has 0 saturated carbocycles. The van der Waals surface area contributed by atoms with Crippen LogP contribution in [0.5, 0.6) is 0 Å². The molecule has 1 rings (SSSR count). The fraction of sp³-hybridized carbons (Fsp3) is 0.700. The Balaban J connectivity index is 3.13. The summed E-state index contributed by atoms with van der Waals surface area (Å²) in [5.41, 5.74) is 0. The van der Waals surface area contributed by atoms with Gasteiger partial charge in [0.1, 0.15) is 0 Å². The molecule has 0 aromatic heterocycles. The lowest BCUT2D eigenvalue weighted by molar-refractivity contribution is -0.206. The molecule has 0 fully saturated rings. The van der Waals surface area contributed by atoms with Crippen molar-refractivity contribution in [2.75, 3.05) is 0 Å². The number of halogens is 4. The van der Waals surface area contributed by atoms with Gasteiger partial charge in [-0.3, -0.25) is 0 Å². The van der Waals surface area contributed by atoms with E-state index in [4.69, 9.17) is 0 Å². The van der Waals surface area contributed by atoms with Gasteiger partial charge < -0.3 is 0 Å². The summed E-state index contributed by atoms with van der Waals surface area (Å²) in [6, 6.07) is -0.841. The molecule has 0 radical (unpaired) electrons. The van der Waals surface area contributed by atoms with E-state index in [0.717, 1.165) is 12.4 Å². The van der Waals surface area contributed by atoms with Gasteiger partial charge in [0.2, 0.25) is 0 Å². The normalized spacial score (nSPS) is 18.4. The molecule has 20 heavy (non-hydrogen) atoms. The number of aliphatic imine (C=N–C) groups is 2. The molecule has 0 N–H and O–H groups in total. The summed E-state index contributed by atoms with van der Waals surface area (Å²) in [5, 5.41) is -4.48. The van der Waals surface area contributed by atoms with Crippen LogP contribution in [0, 0.1) is 0 Å². The number of alkyl halides is 4. The Morgan fingerprint density at radius 2 is 1.70 bits per heavy atom. The summed E-state index contributed by atoms with van der Waals surface area (Å²) in [5.74, 6) is 0. The van der Waals surface area contributed by atoms with Crippen LogP contribution in [-0.4, -0.2) is 38.1 Å². The summed E-state index contributed by atoms with van der Waals surface area (Å²) < 4.78 is 79.6. The first-order chi connectivity index (χ1) is 9.14. The Morgan fingerprint density at radius 3 is 2.15 bits per heavy atom. The third kappa shape index (κ3) is 3.41. The molecule has 0 bridgehead atoms. The first-order valence-corrected chi connectivity index (χ1v) is 7.18. The number of hydrogen-bond acceptors (Lipinski definition) is 2. The molecule has 0 aromatic rings. The highest BCUT2D eigenvalue weighted by Gasteiger charge is 2.72. The lowest BCUT2D eigenvalue weighted by Gasteiger charge is -2.20. The largest absolute Gasteiger partial charge is 0.578 e. The second-order valence-corrected chi connectivity index (χ2v) is 5.78. The standard InChI is InChI=1S/C10H13F4N2O3S/c1-2-3-4-5-9(11,10(12,13)14)20(17,18)19-8-15-6-7-16-8/h6-7H,2-5H2,1H3/q+1. The van der Waals surface area contributed by atoms with Crippen LogP contribution in [-0.2, 0) is 10.1 Å². The number of rotatable bonds is 6. The van der Waals surface area contributed by atoms with E-state index in [1.807, 2.05) is 0 Å². The van der Waals surface area contributed by atoms with E-state index >= 15 is 0 Å². The first-order valence-electron chi connectivity index (χ1n) is 5.77. The molecule has 5 nitrogen and oxygen atoms in total. The smallest absolute Gasteiger partial charge is 0.205 e. The highest BCUT2D eigenvalue weighted by molar-refractivity contribution is 7.86. The predicted octanol–water partition coefficient (Wildman–Crippen LogP) is 2.94. The number of unbranched alkanes of at least 4 members (excludes halogenated alkanes) is 2. The zero-order valence-corrected chi connectivity index (χ0v) is 11.3. The van der Waals surface area contributed by atoms with Gasteiger partial charge in [0.25, 0.3) is 0 Å². The summed E-state index contributed by atoms with van der Waals surface area (Å²) >= 11 is 0. The quantitative estimate of drug-likeness (QED) is 0.429. The molecular weight excluding hydrogens is 304 g/mol. The number of hydrogen-bond donors (Lipinski definition) is 0. The zero-order valence-electron chi connectivity index (χ0n) is 10.5. The molecule has 1 unspecified atom stereocenters. The highest BCUT2D eigenvalue weighted by atomic mass is 32.2. The maximum Gasteiger partial charge on any atom is 0.578 e. The van der Waals surface area contributed by atoms with Crippen molar-refractivity contribution in [2.24, 2.45) is 9.98 Å². The fourth-order valence-corrected chi connectivity index (χ4v) is 2.54. The van der Waals surface area contributed by atoms with Gasteiger partial charge >= 0.3 is 27.3 Å². The van der Waals surface area contributed by atoms with Crippen molar-refractivity contribution in [3.05, 3.63) is 0 Å². The van der Waals surface area contributed by atoms with Crippen LogP contribution in [0.25, 0.3) is 0 Å². The van der Waals surface area contributed by atoms with Gasteiger partial charge in [-0.05, 0) is 6.42 Å². The summed E-state index contributed by atoms with van der Waals surface area (Å²) in [7, 11) is -5.60. The Bertz CT molecular complexity index is 525. The van der Waals surface area contributed by atoms with Crippen molar-refractivity contribution in [1.82, 2.24) is 0 Å². The minimum Gasteiger partial charge on any atom is -0.205 e. The van der Waals surface area contributed by atoms with Crippen LogP contribution < -0.4 is 0 Å². The molecule has 1 aliphatic heterocycles. The summed E-state index contributed by atoms with van der Waals surface area (Å²) in [4.78, 5) is 6.49. The van der Waals surface area contributed by atoms with Gasteiger partial charge in [-0.2, -0.15) is 13.2 Å². The van der Waals surface area contributed by atoms with Crippen LogP contribution in [0.3, 0.4) is 0 Å². The van der Waals surface area contributed by atoms with E-state index in [0.29, 0.717) is 6.42 Å². The van der Waals surface area contributed by atoms with Crippen LogP contribution in [0.15, 0.2) is 9.98 Å². The molecule has 0 aromatic carbocycles. The average molecular weight is 317 g/mol. The van der Waals surface area contributed by atoms with Gasteiger partial charge in [0.05, 0.1) is 12.4 Å². The fourth-order valence-electron chi connectivity index (χ4n) is 1.45. The third-order valence-electron chi connectivity index (χ3n) is 2.54. The number of carbonyl (C=O) groups excluding carboxylic acids is 1. The van der Waals surface area contributed by atoms with Crippen LogP contribution in [0.4, 0.5) is 21.4 Å². The molecule has 114 valence electrons. The maximum atomic E-state index is 14.1. The molecule has 10 heteroatoms. The summed E-state index contributed by atoms with van der Waals surface area (Å²) in [6.45, 7) is 1.69. The van der Waals surface area contributed by atoms with Gasteiger partial charge in [0.15, 0.2) is 0 Å². The second-order valence-electron chi connectivity index (χ2n) is 4.06. The number of urea groups is 1. The molecule has 1 aliphatic rings. The van der Waals surface area contributed by atoms with Crippen molar-refractivity contribution in [3.8, 4) is 0 Å². The Hall–Kier alpha value is -1.32. The van der Waals surface area contributed by atoms with E-state index in [1.165, 1.54) is 0 Å². The van der Waals surface area contributed by atoms with Crippen molar-refractivity contribution < 1.29 is 29.9 Å². The molecule has 0 spiro atoms. The Labute approximate surface area is 113 Å². The Morgan fingerprint density at radius 1 is 1.15 bits per heavy atom. The van der Waals surface area contributed by atoms with Crippen molar-refractivity contribution in [2.45, 2.75) is 43.8 Å². The van der Waals surface area contributed by atoms with Crippen LogP contribution in [0.1, 0.15) is 32.6 Å². The van der Waals surface area contributed by atoms with E-state index in [-0.39, 0.29) is 12.8 Å². The van der Waals surface area contributed by atoms with Gasteiger partial charge in [0, 0.05) is 6.42 Å². The topological polar surface area (TPSA) is 70.2 Å². The maximum absolute atomic E-state index is 14.1. The lowest BCUT2D eigenvalue weighted by Crippen LogP contribution is -2.46. The molecule has 0 saturated heterocycles. The van der Waals surface area contributed by atoms with E-state index in [9.17, 15) is 26.0 Å². The minimum atomic E-state index is -5.60. The third-order valence-corrected chi connectivity index (χ3v) is 4.14. The molecular formula is C10H13F4N2O3S+. The van der Waals surface area contributed by atoms with Gasteiger partial charge in [-0.15, -0.1) is 18.4 Å². The van der Waals surface area contributed by atoms with Gasteiger partial charge in [-0.25, -0.2) is 4.39 Å². The average Bonchev–Trinajstić information content (AvgIpc) is 2.79. The minimum absolute atomic E-state index is 0.239. The van der Waals surface area contributed by atoms with Crippen molar-refractivity contribution in [3.63, 3.8) is 0 Å². The zero-order chi connectivity index (χ0) is 15.4. The molecule has 1 heterocycles. The number of nitrogens with zero attached hydrogens (tertiary/aromatic N) is 2. The Kier molecular flexibility index (Phi) is 5.00. The molecule has 0 aliphatic carbocycles. The SMILES string of the molecule is CCCCCC(F)(C(F)(F)F)S(=O)(=O)[O+]=C1N=CC=N1.